The van der Waals surface area contributed by atoms with Crippen molar-refractivity contribution in [3.8, 4) is 0 Å². The van der Waals surface area contributed by atoms with Crippen molar-refractivity contribution in [2.75, 3.05) is 26.2 Å². The highest BCUT2D eigenvalue weighted by Gasteiger charge is 2.31. The highest BCUT2D eigenvalue weighted by Crippen LogP contribution is 2.21. The average Bonchev–Trinajstić information content (AvgIpc) is 2.55. The minimum atomic E-state index is 0. The number of rotatable bonds is 3. The van der Waals surface area contributed by atoms with Crippen LogP contribution in [0.15, 0.2) is 30.3 Å². The van der Waals surface area contributed by atoms with Crippen molar-refractivity contribution >= 4 is 18.3 Å². The lowest BCUT2D eigenvalue weighted by molar-refractivity contribution is -0.144. The van der Waals surface area contributed by atoms with Gasteiger partial charge in [-0.05, 0) is 31.9 Å². The van der Waals surface area contributed by atoms with E-state index >= 15 is 0 Å². The Balaban J connectivity index is 0.00000192. The van der Waals surface area contributed by atoms with Crippen molar-refractivity contribution in [2.24, 2.45) is 5.92 Å². The van der Waals surface area contributed by atoms with Crippen LogP contribution in [0, 0.1) is 5.92 Å². The van der Waals surface area contributed by atoms with E-state index in [1.807, 2.05) is 11.0 Å². The summed E-state index contributed by atoms with van der Waals surface area (Å²) >= 11 is 0. The molecule has 1 aromatic rings. The molecule has 0 aromatic heterocycles. The second-order valence-electron chi connectivity index (χ2n) is 6.54. The summed E-state index contributed by atoms with van der Waals surface area (Å²) in [6, 6.07) is 10.8. The number of nitrogens with zero attached hydrogens (tertiary/aromatic N) is 1. The molecule has 2 aliphatic rings. The van der Waals surface area contributed by atoms with Gasteiger partial charge in [-0.1, -0.05) is 30.3 Å². The third-order valence-corrected chi connectivity index (χ3v) is 4.73. The fraction of sp³-hybridized carbons (Fsp3) is 0.611. The van der Waals surface area contributed by atoms with Crippen LogP contribution in [-0.4, -0.2) is 49.2 Å². The molecular weight excluding hydrogens is 312 g/mol. The zero-order valence-corrected chi connectivity index (χ0v) is 14.6. The summed E-state index contributed by atoms with van der Waals surface area (Å²) in [4.78, 5) is 14.8. The maximum atomic E-state index is 12.7. The summed E-state index contributed by atoms with van der Waals surface area (Å²) in [5.74, 6) is 0.515. The van der Waals surface area contributed by atoms with E-state index in [0.717, 1.165) is 38.9 Å². The summed E-state index contributed by atoms with van der Waals surface area (Å²) in [6.07, 6.45) is 2.93. The fourth-order valence-electron chi connectivity index (χ4n) is 3.53. The van der Waals surface area contributed by atoms with Crippen LogP contribution in [0.25, 0.3) is 0 Å². The Morgan fingerprint density at radius 3 is 2.87 bits per heavy atom. The van der Waals surface area contributed by atoms with Crippen molar-refractivity contribution in [1.82, 2.24) is 10.2 Å². The fourth-order valence-corrected chi connectivity index (χ4v) is 3.53. The predicted molar refractivity (Wildman–Crippen MR) is 93.9 cm³/mol. The van der Waals surface area contributed by atoms with Gasteiger partial charge < -0.3 is 15.0 Å². The molecule has 0 saturated carbocycles. The first-order chi connectivity index (χ1) is 10.7. The van der Waals surface area contributed by atoms with Crippen LogP contribution >= 0.6 is 12.4 Å². The van der Waals surface area contributed by atoms with Crippen LogP contribution in [0.5, 0.6) is 0 Å². The molecule has 2 fully saturated rings. The number of carbonyl (C=O) groups excluding carboxylic acids is 1. The van der Waals surface area contributed by atoms with Crippen LogP contribution in [0.4, 0.5) is 0 Å². The van der Waals surface area contributed by atoms with Gasteiger partial charge in [-0.15, -0.1) is 12.4 Å². The number of hydrogen-bond donors (Lipinski definition) is 1. The van der Waals surface area contributed by atoms with Gasteiger partial charge in [0.05, 0.1) is 12.7 Å². The molecule has 2 heterocycles. The van der Waals surface area contributed by atoms with Gasteiger partial charge in [0.1, 0.15) is 0 Å². The van der Waals surface area contributed by atoms with E-state index in [2.05, 4.69) is 36.5 Å². The zero-order valence-electron chi connectivity index (χ0n) is 13.7. The Morgan fingerprint density at radius 2 is 2.13 bits per heavy atom. The lowest BCUT2D eigenvalue weighted by atomic mass is 9.91. The van der Waals surface area contributed by atoms with Crippen molar-refractivity contribution < 1.29 is 9.53 Å². The van der Waals surface area contributed by atoms with E-state index in [1.165, 1.54) is 5.56 Å². The monoisotopic (exact) mass is 338 g/mol. The normalized spacial score (nSPS) is 28.0. The maximum Gasteiger partial charge on any atom is 0.225 e. The molecule has 0 spiro atoms. The molecule has 3 rings (SSSR count). The van der Waals surface area contributed by atoms with Gasteiger partial charge in [0.15, 0.2) is 0 Å². The molecule has 3 atom stereocenters. The van der Waals surface area contributed by atoms with Gasteiger partial charge in [-0.25, -0.2) is 0 Å². The Morgan fingerprint density at radius 1 is 1.35 bits per heavy atom. The Bertz CT molecular complexity index is 497. The third kappa shape index (κ3) is 4.93. The molecule has 0 radical (unpaired) electrons. The number of benzene rings is 1. The summed E-state index contributed by atoms with van der Waals surface area (Å²) < 4.78 is 5.86. The minimum absolute atomic E-state index is 0. The molecule has 1 amide bonds. The van der Waals surface area contributed by atoms with E-state index in [-0.39, 0.29) is 24.4 Å². The number of ether oxygens (including phenoxy) is 1. The molecule has 5 heteroatoms. The van der Waals surface area contributed by atoms with Gasteiger partial charge in [-0.2, -0.15) is 0 Å². The van der Waals surface area contributed by atoms with Crippen molar-refractivity contribution in [2.45, 2.75) is 38.3 Å². The summed E-state index contributed by atoms with van der Waals surface area (Å²) in [7, 11) is 0. The van der Waals surface area contributed by atoms with Crippen molar-refractivity contribution in [3.05, 3.63) is 35.9 Å². The van der Waals surface area contributed by atoms with E-state index in [0.29, 0.717) is 18.6 Å². The minimum Gasteiger partial charge on any atom is -0.374 e. The Hall–Kier alpha value is -1.10. The van der Waals surface area contributed by atoms with E-state index in [9.17, 15) is 4.79 Å². The number of morpholine rings is 1. The third-order valence-electron chi connectivity index (χ3n) is 4.73. The average molecular weight is 339 g/mol. The van der Waals surface area contributed by atoms with E-state index in [4.69, 9.17) is 4.74 Å². The first-order valence-corrected chi connectivity index (χ1v) is 8.40. The quantitative estimate of drug-likeness (QED) is 0.919. The van der Waals surface area contributed by atoms with Gasteiger partial charge in [0.25, 0.3) is 0 Å². The standard InChI is InChI=1S/C18H26N2O2.ClH/c1-14-11-16(7-8-19-14)18(21)20-9-10-22-17(13-20)12-15-5-3-2-4-6-15;/h2-6,14,16-17,19H,7-13H2,1H3;1H/t14-,16-,17?;/m0./s1. The number of halogens is 1. The van der Waals surface area contributed by atoms with Crippen LogP contribution in [0.2, 0.25) is 0 Å². The molecule has 1 unspecified atom stereocenters. The molecular formula is C18H27ClN2O2. The van der Waals surface area contributed by atoms with Gasteiger partial charge >= 0.3 is 0 Å². The Labute approximate surface area is 145 Å². The van der Waals surface area contributed by atoms with E-state index < -0.39 is 0 Å². The second-order valence-corrected chi connectivity index (χ2v) is 6.54. The molecule has 23 heavy (non-hydrogen) atoms. The van der Waals surface area contributed by atoms with Crippen molar-refractivity contribution in [1.29, 1.82) is 0 Å². The van der Waals surface area contributed by atoms with Gasteiger partial charge in [0, 0.05) is 31.5 Å². The number of piperidine rings is 1. The number of carbonyl (C=O) groups is 1. The van der Waals surface area contributed by atoms with Crippen molar-refractivity contribution in [3.63, 3.8) is 0 Å². The van der Waals surface area contributed by atoms with Crippen LogP contribution in [-0.2, 0) is 16.0 Å². The molecule has 1 N–H and O–H groups in total. The summed E-state index contributed by atoms with van der Waals surface area (Å²) in [6.45, 7) is 5.24. The largest absolute Gasteiger partial charge is 0.374 e. The molecule has 0 aliphatic carbocycles. The highest BCUT2D eigenvalue weighted by atomic mass is 35.5. The lowest BCUT2D eigenvalue weighted by Crippen LogP contribution is -2.50. The number of nitrogens with one attached hydrogen (secondary N) is 1. The summed E-state index contributed by atoms with van der Waals surface area (Å²) in [5, 5.41) is 3.42. The molecule has 4 nitrogen and oxygen atoms in total. The topological polar surface area (TPSA) is 41.6 Å². The van der Waals surface area contributed by atoms with Gasteiger partial charge in [-0.3, -0.25) is 4.79 Å². The molecule has 2 saturated heterocycles. The van der Waals surface area contributed by atoms with Gasteiger partial charge in [0.2, 0.25) is 5.91 Å². The van der Waals surface area contributed by atoms with Crippen LogP contribution in [0.1, 0.15) is 25.3 Å². The molecule has 128 valence electrons. The first kappa shape index (κ1) is 18.2. The van der Waals surface area contributed by atoms with Crippen LogP contribution in [0.3, 0.4) is 0 Å². The second kappa shape index (κ2) is 8.67. The number of hydrogen-bond acceptors (Lipinski definition) is 3. The highest BCUT2D eigenvalue weighted by molar-refractivity contribution is 5.85. The predicted octanol–water partition coefficient (Wildman–Crippen LogP) is 2.27. The number of amides is 1. The summed E-state index contributed by atoms with van der Waals surface area (Å²) in [5.41, 5.74) is 1.28. The Kier molecular flexibility index (Phi) is 6.88. The maximum absolute atomic E-state index is 12.7. The SMILES string of the molecule is C[C@H]1C[C@@H](C(=O)N2CCOC(Cc3ccccc3)C2)CCN1.Cl. The molecule has 1 aromatic carbocycles. The van der Waals surface area contributed by atoms with Crippen LogP contribution < -0.4 is 5.32 Å². The molecule has 2 aliphatic heterocycles. The molecule has 0 bridgehead atoms. The first-order valence-electron chi connectivity index (χ1n) is 8.40. The lowest BCUT2D eigenvalue weighted by Gasteiger charge is -2.37. The smallest absolute Gasteiger partial charge is 0.225 e. The van der Waals surface area contributed by atoms with E-state index in [1.54, 1.807) is 0 Å². The zero-order chi connectivity index (χ0) is 15.4.